The second kappa shape index (κ2) is 51.6. The van der Waals surface area contributed by atoms with Crippen molar-refractivity contribution in [3.05, 3.63) is 48.6 Å². The average molecular weight is 974 g/mol. The number of likely N-dealkylation sites (N-methyl/N-ethyl adjacent to an activating group) is 1. The first-order valence-electron chi connectivity index (χ1n) is 28.8. The molecule has 1 N–H and O–H groups in total. The fraction of sp³-hybridized carbons (Fsp3) is 0.817. The van der Waals surface area contributed by atoms with E-state index in [0.717, 1.165) is 77.0 Å². The lowest BCUT2D eigenvalue weighted by atomic mass is 10.0. The molecule has 0 bridgehead atoms. The summed E-state index contributed by atoms with van der Waals surface area (Å²) in [6.45, 7) is 4.80. The van der Waals surface area contributed by atoms with Gasteiger partial charge in [0.2, 0.25) is 0 Å². The molecule has 0 rings (SSSR count). The molecule has 0 aromatic carbocycles. The van der Waals surface area contributed by atoms with Crippen LogP contribution in [-0.4, -0.2) is 87.4 Å². The summed E-state index contributed by atoms with van der Waals surface area (Å²) >= 11 is 0. The summed E-state index contributed by atoms with van der Waals surface area (Å²) in [4.78, 5) is 37.4. The van der Waals surface area contributed by atoms with Crippen molar-refractivity contribution >= 4 is 17.9 Å². The molecule has 0 fully saturated rings. The van der Waals surface area contributed by atoms with Gasteiger partial charge >= 0.3 is 17.9 Å². The van der Waals surface area contributed by atoms with Crippen molar-refractivity contribution in [3.63, 3.8) is 0 Å². The third-order valence-corrected chi connectivity index (χ3v) is 12.6. The third kappa shape index (κ3) is 52.9. The minimum absolute atomic E-state index is 0.181. The number of hydrogen-bond donors (Lipinski definition) is 1. The highest BCUT2D eigenvalue weighted by molar-refractivity contribution is 5.71. The number of hydrogen-bond acceptors (Lipinski definition) is 7. The van der Waals surface area contributed by atoms with Crippen LogP contribution in [0.2, 0.25) is 0 Å². The van der Waals surface area contributed by atoms with Gasteiger partial charge in [0, 0.05) is 12.8 Å². The van der Waals surface area contributed by atoms with Crippen LogP contribution in [0.15, 0.2) is 48.6 Å². The van der Waals surface area contributed by atoms with Crippen molar-refractivity contribution in [1.29, 1.82) is 0 Å². The first kappa shape index (κ1) is 66.2. The van der Waals surface area contributed by atoms with E-state index < -0.39 is 24.3 Å². The molecule has 9 nitrogen and oxygen atoms in total. The van der Waals surface area contributed by atoms with E-state index in [9.17, 15) is 19.5 Å². The van der Waals surface area contributed by atoms with Gasteiger partial charge in [0.1, 0.15) is 13.2 Å². The summed E-state index contributed by atoms with van der Waals surface area (Å²) in [7, 11) is 5.97. The fourth-order valence-corrected chi connectivity index (χ4v) is 8.18. The molecule has 0 heterocycles. The Morgan fingerprint density at radius 2 is 0.826 bits per heavy atom. The molecule has 0 aliphatic heterocycles. The van der Waals surface area contributed by atoms with Crippen molar-refractivity contribution in [3.8, 4) is 0 Å². The number of carbonyl (C=O) groups excluding carboxylic acids is 2. The Hall–Kier alpha value is -2.75. The van der Waals surface area contributed by atoms with Crippen molar-refractivity contribution in [2.24, 2.45) is 0 Å². The summed E-state index contributed by atoms with van der Waals surface area (Å²) in [5, 5.41) is 9.70. The number of ether oxygens (including phenoxy) is 4. The topological polar surface area (TPSA) is 108 Å². The predicted molar refractivity (Wildman–Crippen MR) is 290 cm³/mol. The molecule has 0 aromatic rings. The Bertz CT molecular complexity index is 1270. The van der Waals surface area contributed by atoms with Crippen LogP contribution >= 0.6 is 0 Å². The summed E-state index contributed by atoms with van der Waals surface area (Å²) in [6, 6.07) is 0. The molecule has 0 amide bonds. The summed E-state index contributed by atoms with van der Waals surface area (Å²) in [5.74, 6) is -2.00. The second-order valence-corrected chi connectivity index (χ2v) is 20.6. The third-order valence-electron chi connectivity index (χ3n) is 12.6. The molecular formula is C60H110NO8+. The van der Waals surface area contributed by atoms with Gasteiger partial charge in [-0.05, 0) is 51.4 Å². The number of carboxylic acids is 1. The van der Waals surface area contributed by atoms with Gasteiger partial charge in [0.25, 0.3) is 6.29 Å². The molecule has 0 aromatic heterocycles. The molecule has 9 heteroatoms. The van der Waals surface area contributed by atoms with Crippen molar-refractivity contribution < 1.29 is 42.9 Å². The van der Waals surface area contributed by atoms with Crippen molar-refractivity contribution in [2.45, 2.75) is 270 Å². The number of esters is 2. The smallest absolute Gasteiger partial charge is 0.361 e. The zero-order valence-corrected chi connectivity index (χ0v) is 45.7. The van der Waals surface area contributed by atoms with Crippen molar-refractivity contribution in [2.75, 3.05) is 47.5 Å². The van der Waals surface area contributed by atoms with Gasteiger partial charge in [-0.3, -0.25) is 9.59 Å². The Morgan fingerprint density at radius 3 is 1.23 bits per heavy atom. The van der Waals surface area contributed by atoms with E-state index in [1.54, 1.807) is 0 Å². The summed E-state index contributed by atoms with van der Waals surface area (Å²) in [5.41, 5.74) is 0. The van der Waals surface area contributed by atoms with Crippen LogP contribution in [-0.2, 0) is 33.3 Å². The Morgan fingerprint density at radius 1 is 0.449 bits per heavy atom. The molecule has 69 heavy (non-hydrogen) atoms. The van der Waals surface area contributed by atoms with Crippen LogP contribution in [0.1, 0.15) is 258 Å². The van der Waals surface area contributed by atoms with E-state index >= 15 is 0 Å². The number of carbonyl (C=O) groups is 3. The van der Waals surface area contributed by atoms with Crippen LogP contribution in [0, 0.1) is 0 Å². The SMILES string of the molecule is CC/C=C\C/C=C\C/C=C\C/C=C\CCCCCCCCCCCCC(=O)OC(COC(=O)CCCCCCCCCCCCCCCCCCCCCCC)COC(OCC[N+](C)(C)C)C(=O)O. The van der Waals surface area contributed by atoms with Crippen LogP contribution < -0.4 is 0 Å². The minimum Gasteiger partial charge on any atom is -0.477 e. The molecule has 0 aliphatic carbocycles. The zero-order chi connectivity index (χ0) is 50.6. The van der Waals surface area contributed by atoms with E-state index in [0.29, 0.717) is 17.4 Å². The van der Waals surface area contributed by atoms with E-state index in [1.807, 2.05) is 21.1 Å². The number of aliphatic carboxylic acids is 1. The molecular weight excluding hydrogens is 863 g/mol. The highest BCUT2D eigenvalue weighted by Crippen LogP contribution is 2.17. The number of carboxylic acid groups (broad SMARTS) is 1. The van der Waals surface area contributed by atoms with Crippen LogP contribution in [0.5, 0.6) is 0 Å². The van der Waals surface area contributed by atoms with E-state index in [4.69, 9.17) is 18.9 Å². The highest BCUT2D eigenvalue weighted by atomic mass is 16.7. The second-order valence-electron chi connectivity index (χ2n) is 20.6. The van der Waals surface area contributed by atoms with Gasteiger partial charge in [0.05, 0.1) is 34.4 Å². The standard InChI is InChI=1S/C60H109NO8/c1-6-8-10-12-14-16-18-20-22-24-26-28-29-31-33-35-37-39-41-43-45-47-49-51-58(63)69-56(55-68-60(59(64)65)66-53-52-61(3,4)5)54-67-57(62)50-48-46-44-42-40-38-36-34-32-30-27-25-23-21-19-17-15-13-11-9-7-2/h8,10,14,16,20,22,26,28,56,60H,6-7,9,11-13,15,17-19,21,23-25,27,29-55H2,1-5H3/p+1/b10-8-,16-14-,22-20-,28-26-. The average Bonchev–Trinajstić information content (AvgIpc) is 3.31. The van der Waals surface area contributed by atoms with E-state index in [2.05, 4.69) is 62.5 Å². The maximum atomic E-state index is 12.9. The fourth-order valence-electron chi connectivity index (χ4n) is 8.18. The number of quaternary nitrogens is 1. The predicted octanol–water partition coefficient (Wildman–Crippen LogP) is 16.7. The minimum atomic E-state index is -1.51. The first-order chi connectivity index (χ1) is 33.6. The quantitative estimate of drug-likeness (QED) is 0.0211. The van der Waals surface area contributed by atoms with Gasteiger partial charge in [-0.15, -0.1) is 0 Å². The van der Waals surface area contributed by atoms with Gasteiger partial charge in [-0.25, -0.2) is 4.79 Å². The van der Waals surface area contributed by atoms with Crippen LogP contribution in [0.25, 0.3) is 0 Å². The monoisotopic (exact) mass is 973 g/mol. The maximum absolute atomic E-state index is 12.9. The Labute approximate surface area is 425 Å². The Kier molecular flexibility index (Phi) is 49.5. The van der Waals surface area contributed by atoms with Gasteiger partial charge in [-0.1, -0.05) is 242 Å². The van der Waals surface area contributed by atoms with E-state index in [-0.39, 0.29) is 32.2 Å². The lowest BCUT2D eigenvalue weighted by Gasteiger charge is -2.25. The number of allylic oxidation sites excluding steroid dienone is 8. The number of nitrogens with zero attached hydrogens (tertiary/aromatic N) is 1. The van der Waals surface area contributed by atoms with Gasteiger partial charge < -0.3 is 28.5 Å². The lowest BCUT2D eigenvalue weighted by Crippen LogP contribution is -2.40. The van der Waals surface area contributed by atoms with Crippen LogP contribution in [0.4, 0.5) is 0 Å². The lowest BCUT2D eigenvalue weighted by molar-refractivity contribution is -0.870. The van der Waals surface area contributed by atoms with Gasteiger partial charge in [0.15, 0.2) is 6.10 Å². The normalized spacial score (nSPS) is 13.1. The molecule has 0 aliphatic rings. The maximum Gasteiger partial charge on any atom is 0.361 e. The highest BCUT2D eigenvalue weighted by Gasteiger charge is 2.25. The molecule has 2 unspecified atom stereocenters. The summed E-state index contributed by atoms with van der Waals surface area (Å²) in [6.07, 6.45) is 60.4. The van der Waals surface area contributed by atoms with E-state index in [1.165, 1.54) is 154 Å². The number of unbranched alkanes of at least 4 members (excludes halogenated alkanes) is 30. The molecule has 0 spiro atoms. The molecule has 0 radical (unpaired) electrons. The summed E-state index contributed by atoms with van der Waals surface area (Å²) < 4.78 is 22.9. The number of rotatable bonds is 53. The van der Waals surface area contributed by atoms with Gasteiger partial charge in [-0.2, -0.15) is 0 Å². The molecule has 0 saturated heterocycles. The first-order valence-corrected chi connectivity index (χ1v) is 28.8. The van der Waals surface area contributed by atoms with Crippen LogP contribution in [0.3, 0.4) is 0 Å². The largest absolute Gasteiger partial charge is 0.477 e. The Balaban J connectivity index is 4.24. The zero-order valence-electron chi connectivity index (χ0n) is 45.7. The molecule has 402 valence electrons. The molecule has 0 saturated carbocycles. The van der Waals surface area contributed by atoms with Crippen molar-refractivity contribution in [1.82, 2.24) is 0 Å². The molecule has 2 atom stereocenters.